The van der Waals surface area contributed by atoms with Crippen molar-refractivity contribution in [2.24, 2.45) is 0 Å². The quantitative estimate of drug-likeness (QED) is 0.767. The molecule has 14 heavy (non-hydrogen) atoms. The highest BCUT2D eigenvalue weighted by molar-refractivity contribution is 5.94. The number of carbonyl (C=O) groups excluding carboxylic acids is 1. The maximum absolute atomic E-state index is 11.2. The van der Waals surface area contributed by atoms with E-state index in [0.29, 0.717) is 11.6 Å². The molecule has 3 nitrogen and oxygen atoms in total. The lowest BCUT2D eigenvalue weighted by Gasteiger charge is -2.09. The van der Waals surface area contributed by atoms with E-state index < -0.39 is 0 Å². The van der Waals surface area contributed by atoms with Crippen LogP contribution in [0.2, 0.25) is 0 Å². The summed E-state index contributed by atoms with van der Waals surface area (Å²) in [6.07, 6.45) is 0. The smallest absolute Gasteiger partial charge is 0.251 e. The zero-order valence-corrected chi connectivity index (χ0v) is 8.79. The minimum Gasteiger partial charge on any atom is -0.383 e. The van der Waals surface area contributed by atoms with E-state index >= 15 is 0 Å². The van der Waals surface area contributed by atoms with Crippen LogP contribution < -0.4 is 10.6 Å². The van der Waals surface area contributed by atoms with Gasteiger partial charge in [0.1, 0.15) is 0 Å². The molecular weight excluding hydrogens is 176 g/mol. The predicted octanol–water partition coefficient (Wildman–Crippen LogP) is 1.87. The summed E-state index contributed by atoms with van der Waals surface area (Å²) in [6, 6.07) is 7.84. The molecule has 0 aliphatic rings. The molecule has 2 N–H and O–H groups in total. The van der Waals surface area contributed by atoms with Crippen LogP contribution in [0.25, 0.3) is 0 Å². The van der Waals surface area contributed by atoms with Crippen LogP contribution in [0.1, 0.15) is 24.2 Å². The van der Waals surface area contributed by atoms with Gasteiger partial charge in [-0.15, -0.1) is 0 Å². The topological polar surface area (TPSA) is 41.1 Å². The molecule has 1 amide bonds. The lowest BCUT2D eigenvalue weighted by Crippen LogP contribution is -2.17. The van der Waals surface area contributed by atoms with Gasteiger partial charge in [-0.3, -0.25) is 4.79 Å². The molecule has 1 aromatic carbocycles. The van der Waals surface area contributed by atoms with E-state index in [0.717, 1.165) is 5.69 Å². The van der Waals surface area contributed by atoms with E-state index in [4.69, 9.17) is 0 Å². The van der Waals surface area contributed by atoms with Crippen molar-refractivity contribution in [3.05, 3.63) is 29.8 Å². The standard InChI is InChI=1S/C11H16N2O/c1-8(2)13-10-6-4-9(5-7-10)11(14)12-3/h4-8,13H,1-3H3,(H,12,14). The number of nitrogens with one attached hydrogen (secondary N) is 2. The van der Waals surface area contributed by atoms with Gasteiger partial charge in [0.05, 0.1) is 0 Å². The Balaban J connectivity index is 2.73. The lowest BCUT2D eigenvalue weighted by atomic mass is 10.2. The number of rotatable bonds is 3. The van der Waals surface area contributed by atoms with Gasteiger partial charge in [-0.1, -0.05) is 0 Å². The Morgan fingerprint density at radius 3 is 2.21 bits per heavy atom. The third-order valence-electron chi connectivity index (χ3n) is 1.83. The minimum atomic E-state index is -0.0545. The fraction of sp³-hybridized carbons (Fsp3) is 0.364. The molecule has 0 bridgehead atoms. The molecule has 0 aromatic heterocycles. The molecule has 1 aromatic rings. The van der Waals surface area contributed by atoms with Crippen LogP contribution in [0.3, 0.4) is 0 Å². The van der Waals surface area contributed by atoms with Crippen molar-refractivity contribution in [3.63, 3.8) is 0 Å². The monoisotopic (exact) mass is 192 g/mol. The second kappa shape index (κ2) is 4.65. The van der Waals surface area contributed by atoms with Gasteiger partial charge < -0.3 is 10.6 Å². The maximum atomic E-state index is 11.2. The van der Waals surface area contributed by atoms with Crippen molar-refractivity contribution >= 4 is 11.6 Å². The van der Waals surface area contributed by atoms with E-state index in [9.17, 15) is 4.79 Å². The molecule has 0 heterocycles. The van der Waals surface area contributed by atoms with Crippen molar-refractivity contribution in [2.45, 2.75) is 19.9 Å². The molecule has 0 saturated heterocycles. The third-order valence-corrected chi connectivity index (χ3v) is 1.83. The van der Waals surface area contributed by atoms with Crippen molar-refractivity contribution in [2.75, 3.05) is 12.4 Å². The van der Waals surface area contributed by atoms with Crippen LogP contribution in [0.4, 0.5) is 5.69 Å². The molecule has 0 saturated carbocycles. The van der Waals surface area contributed by atoms with Crippen molar-refractivity contribution in [1.29, 1.82) is 0 Å². The first kappa shape index (κ1) is 10.6. The molecule has 0 spiro atoms. The van der Waals surface area contributed by atoms with Crippen LogP contribution in [0.5, 0.6) is 0 Å². The van der Waals surface area contributed by atoms with E-state index in [2.05, 4.69) is 24.5 Å². The van der Waals surface area contributed by atoms with Crippen molar-refractivity contribution in [3.8, 4) is 0 Å². The Labute approximate surface area is 84.5 Å². The summed E-state index contributed by atoms with van der Waals surface area (Å²) in [5.41, 5.74) is 1.72. The highest BCUT2D eigenvalue weighted by Crippen LogP contribution is 2.10. The van der Waals surface area contributed by atoms with E-state index in [1.165, 1.54) is 0 Å². The first-order valence-electron chi connectivity index (χ1n) is 4.72. The molecule has 0 radical (unpaired) electrons. The Hall–Kier alpha value is -1.51. The first-order valence-corrected chi connectivity index (χ1v) is 4.72. The van der Waals surface area contributed by atoms with Gasteiger partial charge in [0.15, 0.2) is 0 Å². The molecule has 0 aliphatic carbocycles. The van der Waals surface area contributed by atoms with E-state index in [1.807, 2.05) is 24.3 Å². The van der Waals surface area contributed by atoms with Crippen LogP contribution in [-0.4, -0.2) is 19.0 Å². The molecule has 76 valence electrons. The average molecular weight is 192 g/mol. The summed E-state index contributed by atoms with van der Waals surface area (Å²) in [6.45, 7) is 4.15. The summed E-state index contributed by atoms with van der Waals surface area (Å²) >= 11 is 0. The van der Waals surface area contributed by atoms with Gasteiger partial charge in [-0.2, -0.15) is 0 Å². The largest absolute Gasteiger partial charge is 0.383 e. The fourth-order valence-electron chi connectivity index (χ4n) is 1.20. The SMILES string of the molecule is CNC(=O)c1ccc(NC(C)C)cc1. The molecular formula is C11H16N2O. The number of hydrogen-bond donors (Lipinski definition) is 2. The Morgan fingerprint density at radius 2 is 1.79 bits per heavy atom. The number of carbonyl (C=O) groups is 1. The number of anilines is 1. The van der Waals surface area contributed by atoms with E-state index in [-0.39, 0.29) is 5.91 Å². The van der Waals surface area contributed by atoms with Crippen LogP contribution in [0, 0.1) is 0 Å². The van der Waals surface area contributed by atoms with Gasteiger partial charge in [-0.25, -0.2) is 0 Å². The van der Waals surface area contributed by atoms with Crippen molar-refractivity contribution in [1.82, 2.24) is 5.32 Å². The van der Waals surface area contributed by atoms with E-state index in [1.54, 1.807) is 7.05 Å². The summed E-state index contributed by atoms with van der Waals surface area (Å²) < 4.78 is 0. The minimum absolute atomic E-state index is 0.0545. The summed E-state index contributed by atoms with van der Waals surface area (Å²) in [5.74, 6) is -0.0545. The highest BCUT2D eigenvalue weighted by Gasteiger charge is 2.02. The molecule has 0 atom stereocenters. The van der Waals surface area contributed by atoms with Gasteiger partial charge in [0, 0.05) is 24.3 Å². The summed E-state index contributed by atoms with van der Waals surface area (Å²) in [7, 11) is 1.63. The molecule has 3 heteroatoms. The van der Waals surface area contributed by atoms with Crippen molar-refractivity contribution < 1.29 is 4.79 Å². The normalized spacial score (nSPS) is 10.0. The van der Waals surface area contributed by atoms with Gasteiger partial charge >= 0.3 is 0 Å². The summed E-state index contributed by atoms with van der Waals surface area (Å²) in [5, 5.41) is 5.84. The third kappa shape index (κ3) is 2.76. The molecule has 0 fully saturated rings. The molecule has 0 unspecified atom stereocenters. The van der Waals surface area contributed by atoms with Crippen LogP contribution in [-0.2, 0) is 0 Å². The van der Waals surface area contributed by atoms with Crippen LogP contribution >= 0.6 is 0 Å². The second-order valence-electron chi connectivity index (χ2n) is 3.46. The average Bonchev–Trinajstić information content (AvgIpc) is 2.17. The van der Waals surface area contributed by atoms with Crippen LogP contribution in [0.15, 0.2) is 24.3 Å². The van der Waals surface area contributed by atoms with Gasteiger partial charge in [0.2, 0.25) is 0 Å². The number of hydrogen-bond acceptors (Lipinski definition) is 2. The molecule has 1 rings (SSSR count). The molecule has 0 aliphatic heterocycles. The highest BCUT2D eigenvalue weighted by atomic mass is 16.1. The predicted molar refractivity (Wildman–Crippen MR) is 58.6 cm³/mol. The second-order valence-corrected chi connectivity index (χ2v) is 3.46. The zero-order chi connectivity index (χ0) is 10.6. The van der Waals surface area contributed by atoms with Gasteiger partial charge in [-0.05, 0) is 38.1 Å². The summed E-state index contributed by atoms with van der Waals surface area (Å²) in [4.78, 5) is 11.2. The lowest BCUT2D eigenvalue weighted by molar-refractivity contribution is 0.0963. The number of benzene rings is 1. The Morgan fingerprint density at radius 1 is 1.21 bits per heavy atom. The first-order chi connectivity index (χ1) is 6.63. The maximum Gasteiger partial charge on any atom is 0.251 e. The fourth-order valence-corrected chi connectivity index (χ4v) is 1.20. The zero-order valence-electron chi connectivity index (χ0n) is 8.79. The van der Waals surface area contributed by atoms with Gasteiger partial charge in [0.25, 0.3) is 5.91 Å². The number of amides is 1. The Kier molecular flexibility index (Phi) is 3.51. The Bertz CT molecular complexity index is 304.